The minimum atomic E-state index is 0.0882. The van der Waals surface area contributed by atoms with Crippen molar-refractivity contribution in [3.05, 3.63) is 54.4 Å². The van der Waals surface area contributed by atoms with Crippen molar-refractivity contribution in [1.29, 1.82) is 0 Å². The van der Waals surface area contributed by atoms with Gasteiger partial charge in [-0.25, -0.2) is 0 Å². The highest BCUT2D eigenvalue weighted by atomic mass is 16.3. The summed E-state index contributed by atoms with van der Waals surface area (Å²) in [5, 5.41) is 9.43. The van der Waals surface area contributed by atoms with Gasteiger partial charge in [-0.3, -0.25) is 14.7 Å². The lowest BCUT2D eigenvalue weighted by molar-refractivity contribution is 0.0407. The second-order valence-corrected chi connectivity index (χ2v) is 7.67. The fourth-order valence-corrected chi connectivity index (χ4v) is 3.90. The van der Waals surface area contributed by atoms with E-state index in [1.807, 2.05) is 41.3 Å². The van der Waals surface area contributed by atoms with Crippen LogP contribution in [0.15, 0.2) is 48.8 Å². The number of piperazine rings is 1. The third-order valence-electron chi connectivity index (χ3n) is 5.69. The first-order valence-electron chi connectivity index (χ1n) is 9.89. The number of hydrogen-bond acceptors (Lipinski definition) is 4. The molecule has 1 atom stereocenters. The van der Waals surface area contributed by atoms with E-state index >= 15 is 0 Å². The number of aromatic nitrogens is 1. The Labute approximate surface area is 160 Å². The molecule has 2 aromatic rings. The Morgan fingerprint density at radius 2 is 1.74 bits per heavy atom. The SMILES string of the molecule is O=C(c1ccc(-c2ccncc2)cc1)N1CCN(CC2CC2)C(CCO)C1. The van der Waals surface area contributed by atoms with Crippen LogP contribution in [0.3, 0.4) is 0 Å². The first kappa shape index (κ1) is 18.1. The zero-order valence-electron chi connectivity index (χ0n) is 15.6. The summed E-state index contributed by atoms with van der Waals surface area (Å²) in [4.78, 5) is 21.4. The Morgan fingerprint density at radius 3 is 2.41 bits per heavy atom. The van der Waals surface area contributed by atoms with Crippen LogP contribution < -0.4 is 0 Å². The molecule has 1 unspecified atom stereocenters. The molecule has 1 aliphatic carbocycles. The van der Waals surface area contributed by atoms with Gasteiger partial charge in [0.2, 0.25) is 0 Å². The maximum absolute atomic E-state index is 13.0. The lowest BCUT2D eigenvalue weighted by Crippen LogP contribution is -2.55. The maximum atomic E-state index is 13.0. The van der Waals surface area contributed by atoms with Gasteiger partial charge in [0.15, 0.2) is 0 Å². The molecule has 0 radical (unpaired) electrons. The van der Waals surface area contributed by atoms with E-state index in [0.717, 1.165) is 48.7 Å². The molecule has 2 heterocycles. The molecular formula is C22H27N3O2. The van der Waals surface area contributed by atoms with Crippen LogP contribution in [0.5, 0.6) is 0 Å². The number of aliphatic hydroxyl groups is 1. The molecule has 0 spiro atoms. The third kappa shape index (κ3) is 4.37. The number of aliphatic hydroxyl groups excluding tert-OH is 1. The van der Waals surface area contributed by atoms with Crippen LogP contribution in [0.4, 0.5) is 0 Å². The number of hydrogen-bond donors (Lipinski definition) is 1. The van der Waals surface area contributed by atoms with Gasteiger partial charge in [-0.2, -0.15) is 0 Å². The number of carbonyl (C=O) groups excluding carboxylic acids is 1. The molecule has 2 aliphatic rings. The average molecular weight is 365 g/mol. The van der Waals surface area contributed by atoms with Crippen molar-refractivity contribution >= 4 is 5.91 Å². The van der Waals surface area contributed by atoms with Gasteiger partial charge in [-0.1, -0.05) is 12.1 Å². The lowest BCUT2D eigenvalue weighted by atomic mass is 10.0. The molecule has 2 fully saturated rings. The van der Waals surface area contributed by atoms with Crippen molar-refractivity contribution in [2.24, 2.45) is 5.92 Å². The van der Waals surface area contributed by atoms with Crippen LogP contribution in [0.2, 0.25) is 0 Å². The molecule has 142 valence electrons. The standard InChI is InChI=1S/C22H27N3O2/c26-14-9-21-16-25(13-12-24(21)15-17-1-2-17)22(27)20-5-3-18(4-6-20)19-7-10-23-11-8-19/h3-8,10-11,17,21,26H,1-2,9,12-16H2. The van der Waals surface area contributed by atoms with E-state index in [-0.39, 0.29) is 18.6 Å². The van der Waals surface area contributed by atoms with Crippen molar-refractivity contribution in [2.75, 3.05) is 32.8 Å². The number of amides is 1. The fraction of sp³-hybridized carbons (Fsp3) is 0.455. The van der Waals surface area contributed by atoms with Gasteiger partial charge in [0.05, 0.1) is 0 Å². The summed E-state index contributed by atoms with van der Waals surface area (Å²) in [5.41, 5.74) is 2.91. The van der Waals surface area contributed by atoms with Crippen molar-refractivity contribution < 1.29 is 9.90 Å². The lowest BCUT2D eigenvalue weighted by Gasteiger charge is -2.41. The Balaban J connectivity index is 1.42. The predicted octanol–water partition coefficient (Wildman–Crippen LogP) is 2.67. The van der Waals surface area contributed by atoms with Crippen LogP contribution in [0.1, 0.15) is 29.6 Å². The zero-order chi connectivity index (χ0) is 18.6. The van der Waals surface area contributed by atoms with E-state index in [0.29, 0.717) is 6.54 Å². The van der Waals surface area contributed by atoms with Crippen LogP contribution in [0.25, 0.3) is 11.1 Å². The van der Waals surface area contributed by atoms with Crippen LogP contribution >= 0.6 is 0 Å². The Kier molecular flexibility index (Phi) is 5.50. The number of nitrogens with zero attached hydrogens (tertiary/aromatic N) is 3. The van der Waals surface area contributed by atoms with E-state index in [9.17, 15) is 9.90 Å². The van der Waals surface area contributed by atoms with Crippen molar-refractivity contribution in [2.45, 2.75) is 25.3 Å². The molecule has 1 saturated carbocycles. The topological polar surface area (TPSA) is 56.7 Å². The largest absolute Gasteiger partial charge is 0.396 e. The average Bonchev–Trinajstić information content (AvgIpc) is 3.54. The van der Waals surface area contributed by atoms with E-state index in [1.54, 1.807) is 12.4 Å². The quantitative estimate of drug-likeness (QED) is 0.855. The molecule has 1 saturated heterocycles. The highest BCUT2D eigenvalue weighted by Crippen LogP contribution is 2.31. The monoisotopic (exact) mass is 365 g/mol. The third-order valence-corrected chi connectivity index (χ3v) is 5.69. The van der Waals surface area contributed by atoms with Gasteiger partial charge < -0.3 is 10.0 Å². The van der Waals surface area contributed by atoms with Gasteiger partial charge in [-0.05, 0) is 60.6 Å². The van der Waals surface area contributed by atoms with E-state index < -0.39 is 0 Å². The smallest absolute Gasteiger partial charge is 0.253 e. The molecule has 1 amide bonds. The van der Waals surface area contributed by atoms with Crippen molar-refractivity contribution in [3.63, 3.8) is 0 Å². The van der Waals surface area contributed by atoms with E-state index in [2.05, 4.69) is 9.88 Å². The Morgan fingerprint density at radius 1 is 1.04 bits per heavy atom. The van der Waals surface area contributed by atoms with Crippen molar-refractivity contribution in [1.82, 2.24) is 14.8 Å². The molecule has 27 heavy (non-hydrogen) atoms. The second kappa shape index (κ2) is 8.19. The van der Waals surface area contributed by atoms with Crippen molar-refractivity contribution in [3.8, 4) is 11.1 Å². The number of benzene rings is 1. The molecule has 1 N–H and O–H groups in total. The molecule has 5 heteroatoms. The highest BCUT2D eigenvalue weighted by Gasteiger charge is 2.33. The summed E-state index contributed by atoms with van der Waals surface area (Å²) in [6.45, 7) is 3.67. The normalized spacial score (nSPS) is 20.6. The number of carbonyl (C=O) groups is 1. The molecule has 1 aromatic heterocycles. The molecule has 4 rings (SSSR count). The highest BCUT2D eigenvalue weighted by molar-refractivity contribution is 5.94. The first-order valence-corrected chi connectivity index (χ1v) is 9.89. The number of pyridine rings is 1. The second-order valence-electron chi connectivity index (χ2n) is 7.67. The van der Waals surface area contributed by atoms with Gasteiger partial charge in [0.25, 0.3) is 5.91 Å². The van der Waals surface area contributed by atoms with Gasteiger partial charge in [0, 0.05) is 56.8 Å². The zero-order valence-corrected chi connectivity index (χ0v) is 15.6. The van der Waals surface area contributed by atoms with Gasteiger partial charge >= 0.3 is 0 Å². The summed E-state index contributed by atoms with van der Waals surface area (Å²) in [6, 6.07) is 12.0. The summed E-state index contributed by atoms with van der Waals surface area (Å²) in [6.07, 6.45) is 6.94. The molecule has 1 aliphatic heterocycles. The Hall–Kier alpha value is -2.24. The molecule has 1 aromatic carbocycles. The summed E-state index contributed by atoms with van der Waals surface area (Å²) in [5.74, 6) is 0.916. The molecular weight excluding hydrogens is 338 g/mol. The van der Waals surface area contributed by atoms with Crippen LogP contribution in [-0.2, 0) is 0 Å². The molecule has 5 nitrogen and oxygen atoms in total. The van der Waals surface area contributed by atoms with Gasteiger partial charge in [-0.15, -0.1) is 0 Å². The maximum Gasteiger partial charge on any atom is 0.253 e. The van der Waals surface area contributed by atoms with Crippen LogP contribution in [0, 0.1) is 5.92 Å². The van der Waals surface area contributed by atoms with Gasteiger partial charge in [0.1, 0.15) is 0 Å². The number of rotatable bonds is 6. The summed E-state index contributed by atoms with van der Waals surface area (Å²) in [7, 11) is 0. The van der Waals surface area contributed by atoms with E-state index in [4.69, 9.17) is 0 Å². The Bertz CT molecular complexity index is 759. The minimum Gasteiger partial charge on any atom is -0.396 e. The van der Waals surface area contributed by atoms with E-state index in [1.165, 1.54) is 12.8 Å². The van der Waals surface area contributed by atoms with Crippen LogP contribution in [-0.4, -0.2) is 64.6 Å². The summed E-state index contributed by atoms with van der Waals surface area (Å²) < 4.78 is 0. The minimum absolute atomic E-state index is 0.0882. The fourth-order valence-electron chi connectivity index (χ4n) is 3.90. The predicted molar refractivity (Wildman–Crippen MR) is 105 cm³/mol. The molecule has 0 bridgehead atoms. The summed E-state index contributed by atoms with van der Waals surface area (Å²) >= 11 is 0. The first-order chi connectivity index (χ1) is 13.2.